The second-order valence-electron chi connectivity index (χ2n) is 6.00. The Morgan fingerprint density at radius 2 is 1.82 bits per heavy atom. The Morgan fingerprint density at radius 1 is 1.14 bits per heavy atom. The summed E-state index contributed by atoms with van der Waals surface area (Å²) in [5, 5.41) is 5.18. The Morgan fingerprint density at radius 3 is 2.46 bits per heavy atom. The molecule has 146 valence electrons. The quantitative estimate of drug-likeness (QED) is 0.633. The summed E-state index contributed by atoms with van der Waals surface area (Å²) in [6, 6.07) is 11.7. The fraction of sp³-hybridized carbons (Fsp3) is 0.158. The molecule has 0 saturated carbocycles. The van der Waals surface area contributed by atoms with Crippen LogP contribution in [0.5, 0.6) is 5.75 Å². The van der Waals surface area contributed by atoms with Gasteiger partial charge in [0.2, 0.25) is 5.91 Å². The highest BCUT2D eigenvalue weighted by Gasteiger charge is 2.10. The maximum Gasteiger partial charge on any atom is 0.230 e. The largest absolute Gasteiger partial charge is 0.486 e. The Labute approximate surface area is 165 Å². The van der Waals surface area contributed by atoms with Crippen molar-refractivity contribution < 1.29 is 22.3 Å². The molecule has 0 aliphatic heterocycles. The molecule has 1 N–H and O–H groups in total. The fourth-order valence-electron chi connectivity index (χ4n) is 2.33. The van der Waals surface area contributed by atoms with Gasteiger partial charge >= 0.3 is 0 Å². The number of sulfone groups is 1. The molecular formula is C19H17FN2O4S2. The number of hydrogen-bond donors (Lipinski definition) is 1. The average Bonchev–Trinajstić information content (AvgIpc) is 3.08. The van der Waals surface area contributed by atoms with Gasteiger partial charge < -0.3 is 10.1 Å². The molecule has 0 saturated heterocycles. The van der Waals surface area contributed by atoms with E-state index < -0.39 is 9.84 Å². The molecule has 0 bridgehead atoms. The number of hydrogen-bond acceptors (Lipinski definition) is 6. The number of halogens is 1. The highest BCUT2D eigenvalue weighted by Crippen LogP contribution is 2.17. The summed E-state index contributed by atoms with van der Waals surface area (Å²) < 4.78 is 41.3. The number of anilines is 1. The Kier molecular flexibility index (Phi) is 6.05. The van der Waals surface area contributed by atoms with Crippen molar-refractivity contribution in [3.05, 3.63) is 70.4 Å². The minimum absolute atomic E-state index is 0.0842. The highest BCUT2D eigenvalue weighted by atomic mass is 32.2. The van der Waals surface area contributed by atoms with Gasteiger partial charge in [0.1, 0.15) is 23.2 Å². The lowest BCUT2D eigenvalue weighted by molar-refractivity contribution is -0.115. The first-order valence-corrected chi connectivity index (χ1v) is 11.0. The van der Waals surface area contributed by atoms with E-state index in [1.165, 1.54) is 59.9 Å². The van der Waals surface area contributed by atoms with Crippen LogP contribution in [-0.4, -0.2) is 25.6 Å². The van der Waals surface area contributed by atoms with Crippen molar-refractivity contribution in [2.24, 2.45) is 0 Å². The lowest BCUT2D eigenvalue weighted by Crippen LogP contribution is -2.14. The van der Waals surface area contributed by atoms with Crippen molar-refractivity contribution in [1.29, 1.82) is 0 Å². The van der Waals surface area contributed by atoms with Gasteiger partial charge in [-0.2, -0.15) is 0 Å². The lowest BCUT2D eigenvalue weighted by Gasteiger charge is -2.05. The molecule has 1 amide bonds. The second kappa shape index (κ2) is 8.49. The molecular weight excluding hydrogens is 403 g/mol. The van der Waals surface area contributed by atoms with Gasteiger partial charge in [-0.15, -0.1) is 11.3 Å². The van der Waals surface area contributed by atoms with Gasteiger partial charge in [-0.1, -0.05) is 0 Å². The van der Waals surface area contributed by atoms with Crippen molar-refractivity contribution in [2.75, 3.05) is 11.6 Å². The Bertz CT molecular complexity index is 1060. The number of aromatic nitrogens is 1. The van der Waals surface area contributed by atoms with Crippen molar-refractivity contribution in [2.45, 2.75) is 17.9 Å². The van der Waals surface area contributed by atoms with E-state index >= 15 is 0 Å². The molecule has 3 aromatic rings. The van der Waals surface area contributed by atoms with Gasteiger partial charge in [-0.25, -0.2) is 17.8 Å². The zero-order chi connectivity index (χ0) is 20.1. The van der Waals surface area contributed by atoms with Crippen molar-refractivity contribution in [3.63, 3.8) is 0 Å². The van der Waals surface area contributed by atoms with Crippen molar-refractivity contribution in [1.82, 2.24) is 4.98 Å². The van der Waals surface area contributed by atoms with E-state index in [1.807, 2.05) is 0 Å². The van der Waals surface area contributed by atoms with E-state index in [1.54, 1.807) is 5.38 Å². The maximum atomic E-state index is 12.9. The number of nitrogens with zero attached hydrogens (tertiary/aromatic N) is 1. The maximum absolute atomic E-state index is 12.9. The van der Waals surface area contributed by atoms with Crippen LogP contribution in [0.2, 0.25) is 0 Å². The van der Waals surface area contributed by atoms with E-state index in [0.717, 1.165) is 6.26 Å². The number of thiazole rings is 1. The summed E-state index contributed by atoms with van der Waals surface area (Å²) in [5.74, 6) is -0.0577. The molecule has 28 heavy (non-hydrogen) atoms. The molecule has 6 nitrogen and oxygen atoms in total. The molecule has 0 aliphatic rings. The van der Waals surface area contributed by atoms with Gasteiger partial charge in [-0.3, -0.25) is 4.79 Å². The van der Waals surface area contributed by atoms with Crippen LogP contribution in [0, 0.1) is 5.82 Å². The van der Waals surface area contributed by atoms with Crippen LogP contribution in [-0.2, 0) is 27.7 Å². The zero-order valence-electron chi connectivity index (χ0n) is 14.9. The third-order valence-corrected chi connectivity index (χ3v) is 5.68. The smallest absolute Gasteiger partial charge is 0.230 e. The summed E-state index contributed by atoms with van der Waals surface area (Å²) in [5.41, 5.74) is 1.11. The van der Waals surface area contributed by atoms with Crippen molar-refractivity contribution >= 4 is 32.8 Å². The molecule has 1 heterocycles. The first-order chi connectivity index (χ1) is 13.3. The first-order valence-electron chi connectivity index (χ1n) is 8.21. The highest BCUT2D eigenvalue weighted by molar-refractivity contribution is 7.90. The minimum Gasteiger partial charge on any atom is -0.486 e. The monoisotopic (exact) mass is 420 g/mol. The summed E-state index contributed by atoms with van der Waals surface area (Å²) >= 11 is 1.37. The SMILES string of the molecule is CS(=O)(=O)c1ccc(NC(=O)Cc2csc(COc3ccc(F)cc3)n2)cc1. The van der Waals surface area contributed by atoms with Crippen LogP contribution in [0.4, 0.5) is 10.1 Å². The summed E-state index contributed by atoms with van der Waals surface area (Å²) in [4.78, 5) is 16.7. The van der Waals surface area contributed by atoms with Gasteiger partial charge in [0.05, 0.1) is 17.0 Å². The summed E-state index contributed by atoms with van der Waals surface area (Å²) in [7, 11) is -3.27. The third-order valence-electron chi connectivity index (χ3n) is 3.68. The normalized spacial score (nSPS) is 11.2. The molecule has 0 unspecified atom stereocenters. The van der Waals surface area contributed by atoms with Gasteiger partial charge in [0.25, 0.3) is 0 Å². The van der Waals surface area contributed by atoms with E-state index in [-0.39, 0.29) is 29.6 Å². The number of carbonyl (C=O) groups excluding carboxylic acids is 1. The molecule has 1 aromatic heterocycles. The molecule has 0 atom stereocenters. The molecule has 9 heteroatoms. The van der Waals surface area contributed by atoms with E-state index in [2.05, 4.69) is 10.3 Å². The van der Waals surface area contributed by atoms with Crippen LogP contribution in [0.25, 0.3) is 0 Å². The van der Waals surface area contributed by atoms with Crippen LogP contribution in [0.15, 0.2) is 58.8 Å². The van der Waals surface area contributed by atoms with Gasteiger partial charge in [-0.05, 0) is 48.5 Å². The topological polar surface area (TPSA) is 85.4 Å². The Balaban J connectivity index is 1.52. The molecule has 2 aromatic carbocycles. The van der Waals surface area contributed by atoms with E-state index in [4.69, 9.17) is 4.74 Å². The Hall–Kier alpha value is -2.78. The minimum atomic E-state index is -3.27. The molecule has 0 radical (unpaired) electrons. The zero-order valence-corrected chi connectivity index (χ0v) is 16.5. The first kappa shape index (κ1) is 20.0. The number of rotatable bonds is 7. The molecule has 0 spiro atoms. The number of benzene rings is 2. The van der Waals surface area contributed by atoms with Crippen LogP contribution in [0.3, 0.4) is 0 Å². The number of nitrogens with one attached hydrogen (secondary N) is 1. The van der Waals surface area contributed by atoms with Crippen LogP contribution in [0.1, 0.15) is 10.7 Å². The predicted octanol–water partition coefficient (Wildman–Crippen LogP) is 3.45. The number of amides is 1. The second-order valence-corrected chi connectivity index (χ2v) is 8.96. The van der Waals surface area contributed by atoms with Crippen LogP contribution < -0.4 is 10.1 Å². The number of ether oxygens (including phenoxy) is 1. The summed E-state index contributed by atoms with van der Waals surface area (Å²) in [6.45, 7) is 0.227. The number of carbonyl (C=O) groups is 1. The molecule has 0 aliphatic carbocycles. The average molecular weight is 420 g/mol. The van der Waals surface area contributed by atoms with Crippen LogP contribution >= 0.6 is 11.3 Å². The predicted molar refractivity (Wildman–Crippen MR) is 105 cm³/mol. The van der Waals surface area contributed by atoms with Gasteiger partial charge in [0, 0.05) is 17.3 Å². The molecule has 3 rings (SSSR count). The lowest BCUT2D eigenvalue weighted by atomic mass is 10.3. The van der Waals surface area contributed by atoms with E-state index in [0.29, 0.717) is 22.1 Å². The van der Waals surface area contributed by atoms with Crippen molar-refractivity contribution in [3.8, 4) is 5.75 Å². The van der Waals surface area contributed by atoms with E-state index in [9.17, 15) is 17.6 Å². The molecule has 0 fully saturated rings. The van der Waals surface area contributed by atoms with Gasteiger partial charge in [0.15, 0.2) is 9.84 Å². The third kappa shape index (κ3) is 5.61. The fourth-order valence-corrected chi connectivity index (χ4v) is 3.66. The standard InChI is InChI=1S/C19H17FN2O4S2/c1-28(24,25)17-8-4-14(5-9-17)21-18(23)10-15-12-27-19(22-15)11-26-16-6-2-13(20)3-7-16/h2-9,12H,10-11H2,1H3,(H,21,23). The summed E-state index contributed by atoms with van der Waals surface area (Å²) in [6.07, 6.45) is 1.21.